The zero-order valence-electron chi connectivity index (χ0n) is 17.9. The van der Waals surface area contributed by atoms with Crippen molar-refractivity contribution in [1.82, 2.24) is 4.98 Å². The van der Waals surface area contributed by atoms with Crippen LogP contribution in [-0.4, -0.2) is 31.2 Å². The van der Waals surface area contributed by atoms with Gasteiger partial charge < -0.3 is 9.80 Å². The lowest BCUT2D eigenvalue weighted by molar-refractivity contribution is 0.233. The summed E-state index contributed by atoms with van der Waals surface area (Å²) in [5.41, 5.74) is 4.13. The van der Waals surface area contributed by atoms with Crippen LogP contribution in [0, 0.1) is 18.8 Å². The lowest BCUT2D eigenvalue weighted by Gasteiger charge is -2.41. The highest BCUT2D eigenvalue weighted by molar-refractivity contribution is 7.13. The molecule has 2 aliphatic heterocycles. The molecule has 28 heavy (non-hydrogen) atoms. The van der Waals surface area contributed by atoms with E-state index in [2.05, 4.69) is 67.1 Å². The van der Waals surface area contributed by atoms with E-state index in [1.54, 1.807) is 0 Å². The van der Waals surface area contributed by atoms with Gasteiger partial charge in [-0.2, -0.15) is 0 Å². The number of aromatic nitrogens is 1. The highest BCUT2D eigenvalue weighted by Crippen LogP contribution is 2.36. The Bertz CT molecular complexity index is 758. The van der Waals surface area contributed by atoms with Gasteiger partial charge in [0.05, 0.1) is 5.69 Å². The summed E-state index contributed by atoms with van der Waals surface area (Å²) in [6, 6.07) is 9.05. The molecule has 3 nitrogen and oxygen atoms in total. The second kappa shape index (κ2) is 8.06. The zero-order valence-corrected chi connectivity index (χ0v) is 18.8. The number of hydrogen-bond donors (Lipinski definition) is 0. The quantitative estimate of drug-likeness (QED) is 0.644. The van der Waals surface area contributed by atoms with Crippen molar-refractivity contribution in [2.75, 3.05) is 36.0 Å². The average Bonchev–Trinajstić information content (AvgIpc) is 3.20. The van der Waals surface area contributed by atoms with Gasteiger partial charge in [-0.1, -0.05) is 38.5 Å². The first kappa shape index (κ1) is 19.8. The molecule has 0 radical (unpaired) electrons. The van der Waals surface area contributed by atoms with Crippen molar-refractivity contribution in [1.29, 1.82) is 0 Å². The molecule has 1 aromatic heterocycles. The predicted octanol–water partition coefficient (Wildman–Crippen LogP) is 5.88. The van der Waals surface area contributed by atoms with Crippen LogP contribution in [0.3, 0.4) is 0 Å². The lowest BCUT2D eigenvalue weighted by Crippen LogP contribution is -2.41. The monoisotopic (exact) mass is 397 g/mol. The van der Waals surface area contributed by atoms with Crippen molar-refractivity contribution >= 4 is 22.2 Å². The number of thiazole rings is 1. The molecule has 0 unspecified atom stereocenters. The fourth-order valence-corrected chi connectivity index (χ4v) is 5.81. The van der Waals surface area contributed by atoms with Gasteiger partial charge >= 0.3 is 0 Å². The van der Waals surface area contributed by atoms with Crippen LogP contribution in [-0.2, 0) is 5.41 Å². The third kappa shape index (κ3) is 4.37. The van der Waals surface area contributed by atoms with E-state index < -0.39 is 0 Å². The molecular formula is C24H35N3S. The van der Waals surface area contributed by atoms with E-state index in [0.717, 1.165) is 11.8 Å². The molecule has 1 aromatic carbocycles. The normalized spacial score (nSPS) is 20.0. The molecular weight excluding hydrogens is 362 g/mol. The smallest absolute Gasteiger partial charge is 0.185 e. The van der Waals surface area contributed by atoms with E-state index in [4.69, 9.17) is 4.98 Å². The fraction of sp³-hybridized carbons (Fsp3) is 0.625. The third-order valence-electron chi connectivity index (χ3n) is 6.68. The van der Waals surface area contributed by atoms with Crippen LogP contribution < -0.4 is 9.80 Å². The Hall–Kier alpha value is -1.55. The van der Waals surface area contributed by atoms with E-state index in [1.165, 1.54) is 73.9 Å². The van der Waals surface area contributed by atoms with Gasteiger partial charge in [-0.05, 0) is 56.6 Å². The molecule has 152 valence electrons. The third-order valence-corrected chi connectivity index (χ3v) is 7.58. The maximum absolute atomic E-state index is 4.93. The average molecular weight is 398 g/mol. The molecule has 0 atom stereocenters. The highest BCUT2D eigenvalue weighted by atomic mass is 32.1. The lowest BCUT2D eigenvalue weighted by atomic mass is 9.79. The summed E-state index contributed by atoms with van der Waals surface area (Å²) in [5, 5.41) is 3.49. The maximum atomic E-state index is 4.93. The van der Waals surface area contributed by atoms with E-state index in [0.29, 0.717) is 0 Å². The SMILES string of the molecule is Cc1ccc(N2CCC(C3CCN(c4nc(C(C)(C)C)cs4)CC3)CC2)cc1. The van der Waals surface area contributed by atoms with E-state index in [9.17, 15) is 0 Å². The number of aryl methyl sites for hydroxylation is 1. The first-order valence-corrected chi connectivity index (χ1v) is 11.8. The largest absolute Gasteiger partial charge is 0.372 e. The molecule has 4 rings (SSSR count). The fourth-order valence-electron chi connectivity index (χ4n) is 4.70. The molecule has 0 amide bonds. The number of benzene rings is 1. The molecule has 0 aliphatic carbocycles. The highest BCUT2D eigenvalue weighted by Gasteiger charge is 2.30. The second-order valence-corrected chi connectivity index (χ2v) is 10.6. The predicted molar refractivity (Wildman–Crippen MR) is 122 cm³/mol. The first-order valence-electron chi connectivity index (χ1n) is 10.9. The summed E-state index contributed by atoms with van der Waals surface area (Å²) in [6.07, 6.45) is 5.37. The minimum absolute atomic E-state index is 0.151. The van der Waals surface area contributed by atoms with E-state index >= 15 is 0 Å². The van der Waals surface area contributed by atoms with Crippen LogP contribution >= 0.6 is 11.3 Å². The van der Waals surface area contributed by atoms with Gasteiger partial charge in [0.25, 0.3) is 0 Å². The Morgan fingerprint density at radius 2 is 1.39 bits per heavy atom. The number of nitrogens with zero attached hydrogens (tertiary/aromatic N) is 3. The molecule has 2 aliphatic rings. The van der Waals surface area contributed by atoms with Crippen molar-refractivity contribution < 1.29 is 0 Å². The number of hydrogen-bond acceptors (Lipinski definition) is 4. The number of piperidine rings is 2. The van der Waals surface area contributed by atoms with Crippen LogP contribution in [0.1, 0.15) is 57.7 Å². The van der Waals surface area contributed by atoms with Crippen LogP contribution in [0.15, 0.2) is 29.6 Å². The molecule has 0 saturated carbocycles. The number of anilines is 2. The topological polar surface area (TPSA) is 19.4 Å². The minimum atomic E-state index is 0.151. The molecule has 2 saturated heterocycles. The summed E-state index contributed by atoms with van der Waals surface area (Å²) in [4.78, 5) is 10.0. The van der Waals surface area contributed by atoms with Gasteiger partial charge in [0.15, 0.2) is 5.13 Å². The Labute approximate surface area is 174 Å². The van der Waals surface area contributed by atoms with Crippen molar-refractivity contribution in [3.8, 4) is 0 Å². The Balaban J connectivity index is 1.28. The maximum Gasteiger partial charge on any atom is 0.185 e. The van der Waals surface area contributed by atoms with E-state index in [-0.39, 0.29) is 5.41 Å². The Kier molecular flexibility index (Phi) is 5.69. The van der Waals surface area contributed by atoms with Gasteiger partial charge in [0.2, 0.25) is 0 Å². The Morgan fingerprint density at radius 1 is 0.857 bits per heavy atom. The molecule has 0 spiro atoms. The van der Waals surface area contributed by atoms with Crippen LogP contribution in [0.25, 0.3) is 0 Å². The standard InChI is InChI=1S/C24H35N3S/c1-18-5-7-21(8-6-18)26-13-9-19(10-14-26)20-11-15-27(16-12-20)23-25-22(17-28-23)24(2,3)4/h5-8,17,19-20H,9-16H2,1-4H3. The minimum Gasteiger partial charge on any atom is -0.372 e. The molecule has 0 N–H and O–H groups in total. The van der Waals surface area contributed by atoms with Crippen molar-refractivity contribution in [2.45, 2.75) is 58.8 Å². The van der Waals surface area contributed by atoms with Crippen molar-refractivity contribution in [3.63, 3.8) is 0 Å². The summed E-state index contributed by atoms with van der Waals surface area (Å²) in [7, 11) is 0. The van der Waals surface area contributed by atoms with Gasteiger partial charge in [0.1, 0.15) is 0 Å². The molecule has 4 heteroatoms. The molecule has 2 fully saturated rings. The van der Waals surface area contributed by atoms with Gasteiger partial charge in [-0.25, -0.2) is 4.98 Å². The van der Waals surface area contributed by atoms with Gasteiger partial charge in [-0.3, -0.25) is 0 Å². The summed E-state index contributed by atoms with van der Waals surface area (Å²) < 4.78 is 0. The van der Waals surface area contributed by atoms with Crippen molar-refractivity contribution in [3.05, 3.63) is 40.9 Å². The molecule has 3 heterocycles. The van der Waals surface area contributed by atoms with Crippen LogP contribution in [0.4, 0.5) is 10.8 Å². The molecule has 2 aromatic rings. The Morgan fingerprint density at radius 3 is 1.89 bits per heavy atom. The summed E-state index contributed by atoms with van der Waals surface area (Å²) in [6.45, 7) is 13.7. The second-order valence-electron chi connectivity index (χ2n) is 9.75. The molecule has 0 bridgehead atoms. The van der Waals surface area contributed by atoms with Gasteiger partial charge in [-0.15, -0.1) is 11.3 Å². The van der Waals surface area contributed by atoms with Crippen LogP contribution in [0.5, 0.6) is 0 Å². The van der Waals surface area contributed by atoms with Gasteiger partial charge in [0, 0.05) is 42.7 Å². The summed E-state index contributed by atoms with van der Waals surface area (Å²) >= 11 is 1.83. The first-order chi connectivity index (χ1) is 13.4. The zero-order chi connectivity index (χ0) is 19.7. The van der Waals surface area contributed by atoms with Crippen molar-refractivity contribution in [2.24, 2.45) is 11.8 Å². The summed E-state index contributed by atoms with van der Waals surface area (Å²) in [5.74, 6) is 1.81. The van der Waals surface area contributed by atoms with Crippen LogP contribution in [0.2, 0.25) is 0 Å². The number of rotatable bonds is 3. The van der Waals surface area contributed by atoms with E-state index in [1.807, 2.05) is 11.3 Å².